The fraction of sp³-hybridized carbons (Fsp3) is 0.357. The molecule has 0 spiro atoms. The van der Waals surface area contributed by atoms with Crippen LogP contribution in [0.4, 0.5) is 8.78 Å². The van der Waals surface area contributed by atoms with Crippen molar-refractivity contribution in [2.75, 3.05) is 6.61 Å². The maximum Gasteiger partial charge on any atom is 0.345 e. The highest BCUT2D eigenvalue weighted by atomic mass is 79.9. The summed E-state index contributed by atoms with van der Waals surface area (Å²) in [6.45, 7) is -2.96. The summed E-state index contributed by atoms with van der Waals surface area (Å²) in [5.74, 6) is 0.553. The van der Waals surface area contributed by atoms with Crippen LogP contribution in [0.1, 0.15) is 18.2 Å². The molecule has 3 rings (SSSR count). The van der Waals surface area contributed by atoms with E-state index in [0.717, 1.165) is 4.47 Å². The number of rotatable bonds is 7. The molecule has 0 bridgehead atoms. The van der Waals surface area contributed by atoms with E-state index in [1.807, 2.05) is 6.07 Å². The SMILES string of the molecule is Cn1ncnc1-c1cn(C(CCOC(F)F)c2ccc(Br)cn2)nn1. The number of ether oxygens (including phenoxy) is 1. The summed E-state index contributed by atoms with van der Waals surface area (Å²) in [7, 11) is 1.74. The lowest BCUT2D eigenvalue weighted by Crippen LogP contribution is -2.16. The van der Waals surface area contributed by atoms with E-state index in [1.165, 1.54) is 6.33 Å². The molecule has 3 heterocycles. The van der Waals surface area contributed by atoms with Crippen molar-refractivity contribution in [2.45, 2.75) is 19.1 Å². The monoisotopic (exact) mass is 413 g/mol. The first kappa shape index (κ1) is 17.5. The number of halogens is 3. The molecular weight excluding hydrogens is 400 g/mol. The zero-order valence-corrected chi connectivity index (χ0v) is 14.7. The van der Waals surface area contributed by atoms with Crippen LogP contribution in [0.25, 0.3) is 11.5 Å². The summed E-state index contributed by atoms with van der Waals surface area (Å²) in [5, 5.41) is 12.2. The van der Waals surface area contributed by atoms with Crippen LogP contribution < -0.4 is 0 Å². The highest BCUT2D eigenvalue weighted by Crippen LogP contribution is 2.23. The third-order valence-corrected chi connectivity index (χ3v) is 3.97. The zero-order valence-electron chi connectivity index (χ0n) is 13.1. The van der Waals surface area contributed by atoms with Gasteiger partial charge in [-0.2, -0.15) is 13.9 Å². The van der Waals surface area contributed by atoms with Gasteiger partial charge in [-0.1, -0.05) is 5.21 Å². The van der Waals surface area contributed by atoms with Gasteiger partial charge >= 0.3 is 6.61 Å². The van der Waals surface area contributed by atoms with Crippen LogP contribution in [0.2, 0.25) is 0 Å². The average Bonchev–Trinajstić information content (AvgIpc) is 3.21. The molecule has 0 radical (unpaired) electrons. The maximum absolute atomic E-state index is 12.3. The predicted octanol–water partition coefficient (Wildman–Crippen LogP) is 2.45. The van der Waals surface area contributed by atoms with Crippen LogP contribution in [0.15, 0.2) is 35.3 Å². The number of hydrogen-bond acceptors (Lipinski definition) is 6. The topological polar surface area (TPSA) is 83.5 Å². The fourth-order valence-electron chi connectivity index (χ4n) is 2.33. The molecule has 0 saturated carbocycles. The number of pyridine rings is 1. The van der Waals surface area contributed by atoms with E-state index in [2.05, 4.69) is 46.0 Å². The Bertz CT molecular complexity index is 821. The summed E-state index contributed by atoms with van der Waals surface area (Å²) in [6, 6.07) is 3.21. The van der Waals surface area contributed by atoms with Crippen molar-refractivity contribution in [3.8, 4) is 11.5 Å². The molecule has 132 valence electrons. The third-order valence-electron chi connectivity index (χ3n) is 3.50. The second kappa shape index (κ2) is 7.74. The van der Waals surface area contributed by atoms with Gasteiger partial charge in [0.1, 0.15) is 12.0 Å². The van der Waals surface area contributed by atoms with Gasteiger partial charge in [0.05, 0.1) is 24.5 Å². The van der Waals surface area contributed by atoms with Crippen molar-refractivity contribution in [2.24, 2.45) is 7.05 Å². The van der Waals surface area contributed by atoms with E-state index in [1.54, 1.807) is 34.9 Å². The van der Waals surface area contributed by atoms with Crippen LogP contribution in [0, 0.1) is 0 Å². The van der Waals surface area contributed by atoms with Crippen LogP contribution in [-0.2, 0) is 11.8 Å². The summed E-state index contributed by atoms with van der Waals surface area (Å²) in [4.78, 5) is 8.45. The Labute approximate surface area is 150 Å². The largest absolute Gasteiger partial charge is 0.345 e. The molecule has 25 heavy (non-hydrogen) atoms. The number of aryl methyl sites for hydroxylation is 1. The molecule has 0 aromatic carbocycles. The molecule has 3 aromatic heterocycles. The Morgan fingerprint density at radius 3 is 2.76 bits per heavy atom. The van der Waals surface area contributed by atoms with Crippen molar-refractivity contribution < 1.29 is 13.5 Å². The number of hydrogen-bond donors (Lipinski definition) is 0. The van der Waals surface area contributed by atoms with E-state index in [4.69, 9.17) is 0 Å². The second-order valence-corrected chi connectivity index (χ2v) is 6.04. The lowest BCUT2D eigenvalue weighted by molar-refractivity contribution is -0.130. The van der Waals surface area contributed by atoms with Gasteiger partial charge < -0.3 is 4.74 Å². The lowest BCUT2D eigenvalue weighted by Gasteiger charge is -2.16. The molecule has 8 nitrogen and oxygen atoms in total. The molecule has 0 N–H and O–H groups in total. The quantitative estimate of drug-likeness (QED) is 0.591. The molecule has 0 aliphatic heterocycles. The summed E-state index contributed by atoms with van der Waals surface area (Å²) in [5.41, 5.74) is 1.19. The molecule has 0 fully saturated rings. The van der Waals surface area contributed by atoms with Crippen LogP contribution >= 0.6 is 15.9 Å². The minimum absolute atomic E-state index is 0.140. The molecule has 1 atom stereocenters. The van der Waals surface area contributed by atoms with Gasteiger partial charge in [0.15, 0.2) is 5.82 Å². The first-order valence-corrected chi connectivity index (χ1v) is 8.11. The Balaban J connectivity index is 1.87. The minimum atomic E-state index is -2.82. The Hall–Kier alpha value is -2.27. The van der Waals surface area contributed by atoms with Crippen molar-refractivity contribution >= 4 is 15.9 Å². The van der Waals surface area contributed by atoms with Crippen molar-refractivity contribution in [1.29, 1.82) is 0 Å². The molecule has 3 aromatic rings. The van der Waals surface area contributed by atoms with E-state index < -0.39 is 12.7 Å². The van der Waals surface area contributed by atoms with Gasteiger partial charge in [-0.15, -0.1) is 5.10 Å². The molecule has 1 unspecified atom stereocenters. The lowest BCUT2D eigenvalue weighted by atomic mass is 10.1. The highest BCUT2D eigenvalue weighted by molar-refractivity contribution is 9.10. The molecule has 0 aliphatic rings. The number of nitrogens with zero attached hydrogens (tertiary/aromatic N) is 7. The minimum Gasteiger partial charge on any atom is -0.323 e. The molecular formula is C14H14BrF2N7O. The second-order valence-electron chi connectivity index (χ2n) is 5.13. The Morgan fingerprint density at radius 1 is 1.28 bits per heavy atom. The highest BCUT2D eigenvalue weighted by Gasteiger charge is 2.20. The maximum atomic E-state index is 12.3. The van der Waals surface area contributed by atoms with Gasteiger partial charge in [-0.3, -0.25) is 4.98 Å². The van der Waals surface area contributed by atoms with Crippen LogP contribution in [0.5, 0.6) is 0 Å². The van der Waals surface area contributed by atoms with E-state index in [-0.39, 0.29) is 13.0 Å². The van der Waals surface area contributed by atoms with Crippen molar-refractivity contribution in [3.05, 3.63) is 41.0 Å². The Kier molecular flexibility index (Phi) is 5.43. The van der Waals surface area contributed by atoms with Gasteiger partial charge in [-0.25, -0.2) is 14.3 Å². The van der Waals surface area contributed by atoms with E-state index in [0.29, 0.717) is 17.2 Å². The van der Waals surface area contributed by atoms with Crippen LogP contribution in [0.3, 0.4) is 0 Å². The standard InChI is InChI=1S/C14H14BrF2N7O/c1-23-13(19-8-20-23)11-7-24(22-21-11)12(4-5-25-14(16)17)10-3-2-9(15)6-18-10/h2-3,6-8,12,14H,4-5H2,1H3. The van der Waals surface area contributed by atoms with E-state index in [9.17, 15) is 8.78 Å². The predicted molar refractivity (Wildman–Crippen MR) is 86.7 cm³/mol. The van der Waals surface area contributed by atoms with E-state index >= 15 is 0 Å². The first-order chi connectivity index (χ1) is 12.0. The normalized spacial score (nSPS) is 12.7. The van der Waals surface area contributed by atoms with Gasteiger partial charge in [0, 0.05) is 17.7 Å². The summed E-state index contributed by atoms with van der Waals surface area (Å²) >= 11 is 3.32. The zero-order chi connectivity index (χ0) is 17.8. The van der Waals surface area contributed by atoms with Gasteiger partial charge in [-0.05, 0) is 34.5 Å². The molecule has 0 aliphatic carbocycles. The first-order valence-electron chi connectivity index (χ1n) is 7.32. The number of alkyl halides is 2. The molecule has 0 saturated heterocycles. The average molecular weight is 414 g/mol. The van der Waals surface area contributed by atoms with Gasteiger partial charge in [0.2, 0.25) is 0 Å². The van der Waals surface area contributed by atoms with Crippen molar-refractivity contribution in [3.63, 3.8) is 0 Å². The molecule has 0 amide bonds. The third kappa shape index (κ3) is 4.23. The molecule has 11 heteroatoms. The Morgan fingerprint density at radius 2 is 2.12 bits per heavy atom. The van der Waals surface area contributed by atoms with Crippen LogP contribution in [-0.4, -0.2) is 48.0 Å². The van der Waals surface area contributed by atoms with Crippen molar-refractivity contribution in [1.82, 2.24) is 34.7 Å². The fourth-order valence-corrected chi connectivity index (χ4v) is 2.56. The summed E-state index contributed by atoms with van der Waals surface area (Å²) < 4.78 is 32.9. The smallest absolute Gasteiger partial charge is 0.323 e. The summed E-state index contributed by atoms with van der Waals surface area (Å²) in [6.07, 6.45) is 5.00. The number of aromatic nitrogens is 7. The van der Waals surface area contributed by atoms with Gasteiger partial charge in [0.25, 0.3) is 0 Å².